The van der Waals surface area contributed by atoms with E-state index in [0.29, 0.717) is 0 Å². The fourth-order valence-corrected chi connectivity index (χ4v) is 0.144. The van der Waals surface area contributed by atoms with Crippen LogP contribution in [0, 0.1) is 6.92 Å². The first-order valence-electron chi connectivity index (χ1n) is 1.70. The molecular formula is C4H9O. The van der Waals surface area contributed by atoms with Crippen LogP contribution in [0.1, 0.15) is 6.42 Å². The number of methoxy groups -OCH3 is 1. The number of hydrogen-bond donors (Lipinski definition) is 0. The Kier molecular flexibility index (Phi) is 3.93. The molecule has 0 bridgehead atoms. The van der Waals surface area contributed by atoms with Gasteiger partial charge in [-0.15, -0.1) is 0 Å². The average molecular weight is 73.1 g/mol. The highest BCUT2D eigenvalue weighted by Crippen LogP contribution is 1.69. The van der Waals surface area contributed by atoms with Gasteiger partial charge in [0.05, 0.1) is 0 Å². The Hall–Kier alpha value is -0.0400. The van der Waals surface area contributed by atoms with E-state index < -0.39 is 0 Å². The van der Waals surface area contributed by atoms with Crippen molar-refractivity contribution in [3.63, 3.8) is 0 Å². The van der Waals surface area contributed by atoms with Crippen LogP contribution in [0.4, 0.5) is 0 Å². The van der Waals surface area contributed by atoms with Crippen molar-refractivity contribution >= 4 is 0 Å². The second kappa shape index (κ2) is 3.96. The topological polar surface area (TPSA) is 9.23 Å². The van der Waals surface area contributed by atoms with Gasteiger partial charge in [0, 0.05) is 13.7 Å². The molecule has 0 unspecified atom stereocenters. The SMILES string of the molecule is [CH2]CCOC. The molecule has 0 fully saturated rings. The quantitative estimate of drug-likeness (QED) is 0.471. The molecule has 0 aliphatic heterocycles. The van der Waals surface area contributed by atoms with E-state index in [-0.39, 0.29) is 0 Å². The van der Waals surface area contributed by atoms with Gasteiger partial charge in [-0.1, -0.05) is 6.92 Å². The molecule has 0 saturated carbocycles. The summed E-state index contributed by atoms with van der Waals surface area (Å²) < 4.78 is 4.63. The van der Waals surface area contributed by atoms with Crippen LogP contribution in [0.5, 0.6) is 0 Å². The minimum atomic E-state index is 0.778. The molecule has 0 heterocycles. The van der Waals surface area contributed by atoms with Gasteiger partial charge < -0.3 is 4.74 Å². The van der Waals surface area contributed by atoms with Crippen molar-refractivity contribution in [1.29, 1.82) is 0 Å². The van der Waals surface area contributed by atoms with Crippen molar-refractivity contribution in [3.8, 4) is 0 Å². The smallest absolute Gasteiger partial charge is 0.0462 e. The van der Waals surface area contributed by atoms with Crippen LogP contribution in [0.15, 0.2) is 0 Å². The van der Waals surface area contributed by atoms with Gasteiger partial charge in [0.1, 0.15) is 0 Å². The van der Waals surface area contributed by atoms with Gasteiger partial charge in [0.25, 0.3) is 0 Å². The summed E-state index contributed by atoms with van der Waals surface area (Å²) in [5.74, 6) is 0. The van der Waals surface area contributed by atoms with E-state index in [1.807, 2.05) is 0 Å². The van der Waals surface area contributed by atoms with Crippen LogP contribution in [-0.4, -0.2) is 13.7 Å². The van der Waals surface area contributed by atoms with Crippen molar-refractivity contribution in [2.75, 3.05) is 13.7 Å². The first-order chi connectivity index (χ1) is 2.41. The van der Waals surface area contributed by atoms with E-state index in [4.69, 9.17) is 0 Å². The maximum atomic E-state index is 4.63. The molecule has 5 heavy (non-hydrogen) atoms. The summed E-state index contributed by atoms with van der Waals surface area (Å²) >= 11 is 0. The Morgan fingerprint density at radius 1 is 1.80 bits per heavy atom. The predicted octanol–water partition coefficient (Wildman–Crippen LogP) is 0.857. The minimum absolute atomic E-state index is 0.778. The highest BCUT2D eigenvalue weighted by Gasteiger charge is 1.66. The van der Waals surface area contributed by atoms with E-state index in [0.717, 1.165) is 13.0 Å². The average Bonchev–Trinajstić information content (AvgIpc) is 1.41. The molecule has 0 atom stereocenters. The zero-order valence-electron chi connectivity index (χ0n) is 3.53. The summed E-state index contributed by atoms with van der Waals surface area (Å²) in [4.78, 5) is 0. The van der Waals surface area contributed by atoms with Gasteiger partial charge in [-0.2, -0.15) is 0 Å². The summed E-state index contributed by atoms with van der Waals surface area (Å²) in [6.07, 6.45) is 0.872. The number of hydrogen-bond acceptors (Lipinski definition) is 1. The number of rotatable bonds is 2. The molecule has 0 spiro atoms. The lowest BCUT2D eigenvalue weighted by Crippen LogP contribution is -1.81. The van der Waals surface area contributed by atoms with Gasteiger partial charge in [0.2, 0.25) is 0 Å². The van der Waals surface area contributed by atoms with Crippen molar-refractivity contribution in [2.45, 2.75) is 6.42 Å². The van der Waals surface area contributed by atoms with Crippen LogP contribution in [0.25, 0.3) is 0 Å². The van der Waals surface area contributed by atoms with E-state index in [9.17, 15) is 0 Å². The Balaban J connectivity index is 2.19. The number of ether oxygens (including phenoxy) is 1. The second-order valence-electron chi connectivity index (χ2n) is 0.846. The molecule has 0 amide bonds. The van der Waals surface area contributed by atoms with Gasteiger partial charge in [0.15, 0.2) is 0 Å². The fourth-order valence-electron chi connectivity index (χ4n) is 0.144. The Morgan fingerprint density at radius 3 is 2.40 bits per heavy atom. The van der Waals surface area contributed by atoms with Crippen LogP contribution in [0.2, 0.25) is 0 Å². The molecule has 31 valence electrons. The summed E-state index contributed by atoms with van der Waals surface area (Å²) in [5.41, 5.74) is 0. The van der Waals surface area contributed by atoms with Gasteiger partial charge in [-0.05, 0) is 6.42 Å². The van der Waals surface area contributed by atoms with Crippen LogP contribution >= 0.6 is 0 Å². The van der Waals surface area contributed by atoms with Crippen LogP contribution < -0.4 is 0 Å². The molecule has 0 rings (SSSR count). The highest BCUT2D eigenvalue weighted by molar-refractivity contribution is 4.31. The zero-order valence-corrected chi connectivity index (χ0v) is 3.53. The Bertz CT molecular complexity index is 11.1. The largest absolute Gasteiger partial charge is 0.385 e. The van der Waals surface area contributed by atoms with E-state index in [1.165, 1.54) is 0 Å². The standard InChI is InChI=1S/C4H9O/c1-3-4-5-2/h1,3-4H2,2H3. The van der Waals surface area contributed by atoms with Crippen molar-refractivity contribution in [2.24, 2.45) is 0 Å². The first kappa shape index (κ1) is 4.96. The van der Waals surface area contributed by atoms with E-state index in [2.05, 4.69) is 11.7 Å². The minimum Gasteiger partial charge on any atom is -0.385 e. The van der Waals surface area contributed by atoms with Crippen molar-refractivity contribution in [1.82, 2.24) is 0 Å². The fraction of sp³-hybridized carbons (Fsp3) is 0.750. The predicted molar refractivity (Wildman–Crippen MR) is 21.8 cm³/mol. The Morgan fingerprint density at radius 2 is 2.40 bits per heavy atom. The lowest BCUT2D eigenvalue weighted by atomic mass is 10.5. The van der Waals surface area contributed by atoms with Crippen LogP contribution in [0.3, 0.4) is 0 Å². The monoisotopic (exact) mass is 73.1 g/mol. The lowest BCUT2D eigenvalue weighted by Gasteiger charge is -1.84. The summed E-state index contributed by atoms with van der Waals surface area (Å²) in [6, 6.07) is 0. The molecule has 0 aromatic heterocycles. The van der Waals surface area contributed by atoms with Gasteiger partial charge >= 0.3 is 0 Å². The molecule has 0 aromatic carbocycles. The maximum absolute atomic E-state index is 4.63. The summed E-state index contributed by atoms with van der Waals surface area (Å²) in [6.45, 7) is 4.33. The molecule has 1 heteroatoms. The molecule has 0 aliphatic rings. The van der Waals surface area contributed by atoms with Crippen LogP contribution in [-0.2, 0) is 4.74 Å². The van der Waals surface area contributed by atoms with Crippen molar-refractivity contribution in [3.05, 3.63) is 6.92 Å². The molecular weight excluding hydrogens is 64.0 g/mol. The second-order valence-corrected chi connectivity index (χ2v) is 0.846. The Labute approximate surface area is 32.9 Å². The summed E-state index contributed by atoms with van der Waals surface area (Å²) in [7, 11) is 1.67. The van der Waals surface area contributed by atoms with Crippen molar-refractivity contribution < 1.29 is 4.74 Å². The molecule has 0 N–H and O–H groups in total. The third-order valence-electron chi connectivity index (χ3n) is 0.348. The van der Waals surface area contributed by atoms with E-state index >= 15 is 0 Å². The maximum Gasteiger partial charge on any atom is 0.0462 e. The first-order valence-corrected chi connectivity index (χ1v) is 1.70. The third kappa shape index (κ3) is 3.96. The summed E-state index contributed by atoms with van der Waals surface area (Å²) in [5, 5.41) is 0. The molecule has 1 radical (unpaired) electrons. The lowest BCUT2D eigenvalue weighted by molar-refractivity contribution is 0.204. The highest BCUT2D eigenvalue weighted by atomic mass is 16.5. The molecule has 1 nitrogen and oxygen atoms in total. The third-order valence-corrected chi connectivity index (χ3v) is 0.348. The molecule has 0 aliphatic carbocycles. The zero-order chi connectivity index (χ0) is 4.12. The van der Waals surface area contributed by atoms with Gasteiger partial charge in [-0.3, -0.25) is 0 Å². The molecule has 0 aromatic rings. The normalized spacial score (nSPS) is 8.40. The molecule has 0 saturated heterocycles. The van der Waals surface area contributed by atoms with Gasteiger partial charge in [-0.25, -0.2) is 0 Å². The van der Waals surface area contributed by atoms with E-state index in [1.54, 1.807) is 7.11 Å².